The number of Topliss-reactive ketones (excluding diaryl/α,β-unsaturated/α-hetero) is 1. The molecule has 0 unspecified atom stereocenters. The van der Waals surface area contributed by atoms with Crippen LogP contribution in [0.25, 0.3) is 10.6 Å². The Morgan fingerprint density at radius 3 is 2.81 bits per heavy atom. The van der Waals surface area contributed by atoms with E-state index in [1.54, 1.807) is 11.4 Å². The second kappa shape index (κ2) is 4.31. The lowest BCUT2D eigenvalue weighted by atomic mass is 10.2. The minimum absolute atomic E-state index is 0.0760. The van der Waals surface area contributed by atoms with E-state index in [4.69, 9.17) is 11.6 Å². The van der Waals surface area contributed by atoms with Crippen molar-refractivity contribution in [2.45, 2.75) is 6.92 Å². The summed E-state index contributed by atoms with van der Waals surface area (Å²) in [7, 11) is 0. The Labute approximate surface area is 101 Å². The van der Waals surface area contributed by atoms with Crippen molar-refractivity contribution in [3.63, 3.8) is 0 Å². The van der Waals surface area contributed by atoms with E-state index >= 15 is 0 Å². The largest absolute Gasteiger partial charge is 0.293 e. The molecule has 0 N–H and O–H groups in total. The summed E-state index contributed by atoms with van der Waals surface area (Å²) in [5.41, 5.74) is 1.02. The third kappa shape index (κ3) is 2.13. The van der Waals surface area contributed by atoms with Crippen LogP contribution in [-0.2, 0) is 0 Å². The number of rotatable bonds is 2. The molecule has 0 radical (unpaired) electrons. The first-order chi connectivity index (χ1) is 7.58. The Kier molecular flexibility index (Phi) is 3.03. The molecular weight excluding hydrogens is 249 g/mol. The maximum absolute atomic E-state index is 13.2. The molecule has 0 spiro atoms. The fourth-order valence-electron chi connectivity index (χ4n) is 1.20. The van der Waals surface area contributed by atoms with Crippen molar-refractivity contribution in [2.24, 2.45) is 0 Å². The molecule has 0 fully saturated rings. The van der Waals surface area contributed by atoms with Crippen molar-refractivity contribution >= 4 is 28.7 Å². The number of aromatic nitrogens is 1. The van der Waals surface area contributed by atoms with Gasteiger partial charge in [-0.3, -0.25) is 4.79 Å². The molecule has 0 atom stereocenters. The van der Waals surface area contributed by atoms with Gasteiger partial charge >= 0.3 is 0 Å². The maximum Gasteiger partial charge on any atom is 0.178 e. The van der Waals surface area contributed by atoms with Crippen molar-refractivity contribution in [3.05, 3.63) is 40.1 Å². The lowest BCUT2D eigenvalue weighted by Crippen LogP contribution is -1.91. The van der Waals surface area contributed by atoms with E-state index in [1.165, 1.54) is 30.4 Å². The normalized spacial score (nSPS) is 10.4. The Hall–Kier alpha value is -1.26. The molecule has 0 bridgehead atoms. The number of thiazole rings is 1. The van der Waals surface area contributed by atoms with Crippen LogP contribution in [0, 0.1) is 5.82 Å². The first-order valence-electron chi connectivity index (χ1n) is 4.50. The number of nitrogens with zero attached hydrogens (tertiary/aromatic N) is 1. The number of ketones is 1. The van der Waals surface area contributed by atoms with E-state index < -0.39 is 5.82 Å². The molecule has 0 aliphatic heterocycles. The van der Waals surface area contributed by atoms with Gasteiger partial charge in [-0.1, -0.05) is 17.7 Å². The topological polar surface area (TPSA) is 30.0 Å². The predicted octanol–water partition coefficient (Wildman–Crippen LogP) is 3.81. The zero-order chi connectivity index (χ0) is 11.7. The van der Waals surface area contributed by atoms with Crippen molar-refractivity contribution < 1.29 is 9.18 Å². The smallest absolute Gasteiger partial charge is 0.178 e. The Balaban J connectivity index is 2.42. The first kappa shape index (κ1) is 11.2. The summed E-state index contributed by atoms with van der Waals surface area (Å²) in [5.74, 6) is -0.587. The van der Waals surface area contributed by atoms with Gasteiger partial charge in [-0.25, -0.2) is 9.37 Å². The monoisotopic (exact) mass is 255 g/mol. The third-order valence-electron chi connectivity index (χ3n) is 2.03. The average molecular weight is 256 g/mol. The van der Waals surface area contributed by atoms with Crippen LogP contribution in [0.5, 0.6) is 0 Å². The van der Waals surface area contributed by atoms with Crippen molar-refractivity contribution in [2.75, 3.05) is 0 Å². The van der Waals surface area contributed by atoms with E-state index in [0.29, 0.717) is 16.3 Å². The van der Waals surface area contributed by atoms with Crippen LogP contribution in [0.4, 0.5) is 4.39 Å². The van der Waals surface area contributed by atoms with Crippen LogP contribution < -0.4 is 0 Å². The summed E-state index contributed by atoms with van der Waals surface area (Å²) in [5, 5.41) is 2.34. The number of hydrogen-bond acceptors (Lipinski definition) is 3. The van der Waals surface area contributed by atoms with Crippen molar-refractivity contribution in [3.8, 4) is 10.6 Å². The standard InChI is InChI=1S/C11H7ClFNOS/c1-6(15)10-5-16-11(14-10)7-2-3-8(12)9(13)4-7/h2-5H,1H3. The zero-order valence-electron chi connectivity index (χ0n) is 8.33. The lowest BCUT2D eigenvalue weighted by Gasteiger charge is -1.97. The lowest BCUT2D eigenvalue weighted by molar-refractivity contribution is 0.101. The molecular formula is C11H7ClFNOS. The average Bonchev–Trinajstić information content (AvgIpc) is 2.71. The molecule has 16 heavy (non-hydrogen) atoms. The molecule has 0 aliphatic rings. The van der Waals surface area contributed by atoms with E-state index in [1.807, 2.05) is 0 Å². The first-order valence-corrected chi connectivity index (χ1v) is 5.75. The van der Waals surface area contributed by atoms with E-state index in [2.05, 4.69) is 4.98 Å². The van der Waals surface area contributed by atoms with Crippen molar-refractivity contribution in [1.82, 2.24) is 4.98 Å². The Morgan fingerprint density at radius 1 is 1.50 bits per heavy atom. The van der Waals surface area contributed by atoms with Gasteiger partial charge in [-0.2, -0.15) is 0 Å². The molecule has 5 heteroatoms. The molecule has 2 aromatic rings. The summed E-state index contributed by atoms with van der Waals surface area (Å²) < 4.78 is 13.2. The highest BCUT2D eigenvalue weighted by Gasteiger charge is 2.09. The predicted molar refractivity (Wildman–Crippen MR) is 62.5 cm³/mol. The van der Waals surface area contributed by atoms with Crippen molar-refractivity contribution in [1.29, 1.82) is 0 Å². The highest BCUT2D eigenvalue weighted by molar-refractivity contribution is 7.13. The summed E-state index contributed by atoms with van der Waals surface area (Å²) in [4.78, 5) is 15.2. The Bertz CT molecular complexity index is 553. The van der Waals surface area contributed by atoms with E-state index in [9.17, 15) is 9.18 Å². The summed E-state index contributed by atoms with van der Waals surface area (Å²) in [6.45, 7) is 1.45. The summed E-state index contributed by atoms with van der Waals surface area (Å²) >= 11 is 6.88. The van der Waals surface area contributed by atoms with Gasteiger partial charge in [0, 0.05) is 17.9 Å². The molecule has 2 nitrogen and oxygen atoms in total. The number of halogens is 2. The molecule has 0 aliphatic carbocycles. The van der Waals surface area contributed by atoms with Gasteiger partial charge in [0.25, 0.3) is 0 Å². The molecule has 2 rings (SSSR count). The van der Waals surface area contributed by atoms with Gasteiger partial charge in [0.2, 0.25) is 0 Å². The molecule has 0 amide bonds. The molecule has 0 saturated carbocycles. The minimum Gasteiger partial charge on any atom is -0.293 e. The quantitative estimate of drug-likeness (QED) is 0.764. The van der Waals surface area contributed by atoms with Crippen LogP contribution in [0.2, 0.25) is 5.02 Å². The molecule has 0 saturated heterocycles. The summed E-state index contributed by atoms with van der Waals surface area (Å²) in [6.07, 6.45) is 0. The zero-order valence-corrected chi connectivity index (χ0v) is 9.90. The van der Waals surface area contributed by atoms with Gasteiger partial charge in [0.15, 0.2) is 5.78 Å². The number of carbonyl (C=O) groups excluding carboxylic acids is 1. The fraction of sp³-hybridized carbons (Fsp3) is 0.0909. The van der Waals surface area contributed by atoms with Gasteiger partial charge in [-0.05, 0) is 12.1 Å². The van der Waals surface area contributed by atoms with Crippen LogP contribution in [0.1, 0.15) is 17.4 Å². The fourth-order valence-corrected chi connectivity index (χ4v) is 2.17. The van der Waals surface area contributed by atoms with Gasteiger partial charge in [0.05, 0.1) is 5.02 Å². The highest BCUT2D eigenvalue weighted by Crippen LogP contribution is 2.27. The number of benzene rings is 1. The number of carbonyl (C=O) groups is 1. The van der Waals surface area contributed by atoms with Crippen LogP contribution in [0.15, 0.2) is 23.6 Å². The van der Waals surface area contributed by atoms with Gasteiger partial charge in [0.1, 0.15) is 16.5 Å². The Morgan fingerprint density at radius 2 is 2.25 bits per heavy atom. The second-order valence-corrected chi connectivity index (χ2v) is 4.49. The third-order valence-corrected chi connectivity index (χ3v) is 3.23. The SMILES string of the molecule is CC(=O)c1csc(-c2ccc(Cl)c(F)c2)n1. The molecule has 1 aromatic heterocycles. The maximum atomic E-state index is 13.2. The van der Waals surface area contributed by atoms with Gasteiger partial charge in [-0.15, -0.1) is 11.3 Å². The van der Waals surface area contributed by atoms with Crippen LogP contribution >= 0.6 is 22.9 Å². The summed E-state index contributed by atoms with van der Waals surface area (Å²) in [6, 6.07) is 4.46. The van der Waals surface area contributed by atoms with Gasteiger partial charge < -0.3 is 0 Å². The van der Waals surface area contributed by atoms with Crippen LogP contribution in [-0.4, -0.2) is 10.8 Å². The van der Waals surface area contributed by atoms with Crippen LogP contribution in [0.3, 0.4) is 0 Å². The second-order valence-electron chi connectivity index (χ2n) is 3.22. The molecule has 82 valence electrons. The number of hydrogen-bond donors (Lipinski definition) is 0. The minimum atomic E-state index is -0.487. The van der Waals surface area contributed by atoms with E-state index in [-0.39, 0.29) is 10.8 Å². The van der Waals surface area contributed by atoms with E-state index in [0.717, 1.165) is 0 Å². The molecule has 1 heterocycles. The highest BCUT2D eigenvalue weighted by atomic mass is 35.5. The molecule has 1 aromatic carbocycles.